The van der Waals surface area contributed by atoms with Gasteiger partial charge in [0.2, 0.25) is 0 Å². The van der Waals surface area contributed by atoms with Crippen LogP contribution in [-0.4, -0.2) is 36.4 Å². The molecule has 2 atom stereocenters. The van der Waals surface area contributed by atoms with Crippen LogP contribution in [0.15, 0.2) is 30.3 Å². The highest BCUT2D eigenvalue weighted by Crippen LogP contribution is 2.08. The van der Waals surface area contributed by atoms with E-state index in [0.717, 1.165) is 5.56 Å². The topological polar surface area (TPSA) is 81.8 Å². The van der Waals surface area contributed by atoms with Crippen LogP contribution in [0.5, 0.6) is 0 Å². The molecule has 0 fully saturated rings. The first-order valence-electron chi connectivity index (χ1n) is 5.89. The molecule has 0 aromatic heterocycles. The second kappa shape index (κ2) is 7.81. The quantitative estimate of drug-likeness (QED) is 0.690. The SMILES string of the molecule is CCOC(=O)C(OCc1ccccc1)C(O)CN. The number of carbonyl (C=O) groups is 1. The summed E-state index contributed by atoms with van der Waals surface area (Å²) < 4.78 is 10.2. The molecule has 0 aliphatic heterocycles. The van der Waals surface area contributed by atoms with Gasteiger partial charge in [0, 0.05) is 6.54 Å². The number of benzene rings is 1. The molecular formula is C13H19NO4. The molecule has 1 aromatic carbocycles. The molecule has 1 aromatic rings. The molecule has 0 radical (unpaired) electrons. The van der Waals surface area contributed by atoms with Crippen molar-refractivity contribution >= 4 is 5.97 Å². The van der Waals surface area contributed by atoms with Gasteiger partial charge in [0.05, 0.1) is 13.2 Å². The first kappa shape index (κ1) is 14.6. The Labute approximate surface area is 107 Å². The van der Waals surface area contributed by atoms with Crippen molar-refractivity contribution in [1.82, 2.24) is 0 Å². The number of nitrogens with two attached hydrogens (primary N) is 1. The van der Waals surface area contributed by atoms with E-state index in [1.165, 1.54) is 0 Å². The van der Waals surface area contributed by atoms with Gasteiger partial charge in [-0.2, -0.15) is 0 Å². The molecule has 0 aliphatic rings. The van der Waals surface area contributed by atoms with Crippen LogP contribution < -0.4 is 5.73 Å². The van der Waals surface area contributed by atoms with Crippen LogP contribution in [0.25, 0.3) is 0 Å². The van der Waals surface area contributed by atoms with Gasteiger partial charge < -0.3 is 20.3 Å². The van der Waals surface area contributed by atoms with Crippen LogP contribution in [0.4, 0.5) is 0 Å². The van der Waals surface area contributed by atoms with Crippen LogP contribution in [0.1, 0.15) is 12.5 Å². The zero-order valence-electron chi connectivity index (χ0n) is 10.4. The molecule has 3 N–H and O–H groups in total. The Hall–Kier alpha value is -1.43. The van der Waals surface area contributed by atoms with Crippen molar-refractivity contribution in [2.45, 2.75) is 25.7 Å². The van der Waals surface area contributed by atoms with Gasteiger partial charge in [-0.3, -0.25) is 0 Å². The number of hydrogen-bond acceptors (Lipinski definition) is 5. The first-order chi connectivity index (χ1) is 8.69. The van der Waals surface area contributed by atoms with Crippen molar-refractivity contribution in [2.24, 2.45) is 5.73 Å². The fourth-order valence-corrected chi connectivity index (χ4v) is 1.44. The van der Waals surface area contributed by atoms with E-state index in [2.05, 4.69) is 0 Å². The molecule has 0 spiro atoms. The Morgan fingerprint density at radius 3 is 2.61 bits per heavy atom. The molecule has 0 amide bonds. The lowest BCUT2D eigenvalue weighted by Crippen LogP contribution is -2.42. The highest BCUT2D eigenvalue weighted by atomic mass is 16.6. The number of esters is 1. The van der Waals surface area contributed by atoms with Crippen molar-refractivity contribution in [1.29, 1.82) is 0 Å². The number of aliphatic hydroxyl groups excluding tert-OH is 1. The standard InChI is InChI=1S/C13H19NO4/c1-2-17-13(16)12(11(15)8-14)18-9-10-6-4-3-5-7-10/h3-7,11-12,15H,2,8-9,14H2,1H3. The third kappa shape index (κ3) is 4.44. The summed E-state index contributed by atoms with van der Waals surface area (Å²) in [6, 6.07) is 9.38. The summed E-state index contributed by atoms with van der Waals surface area (Å²) in [5.41, 5.74) is 6.25. The minimum Gasteiger partial charge on any atom is -0.464 e. The highest BCUT2D eigenvalue weighted by molar-refractivity contribution is 5.75. The predicted molar refractivity (Wildman–Crippen MR) is 66.7 cm³/mol. The van der Waals surface area contributed by atoms with E-state index >= 15 is 0 Å². The monoisotopic (exact) mass is 253 g/mol. The third-order valence-corrected chi connectivity index (χ3v) is 2.38. The van der Waals surface area contributed by atoms with Crippen molar-refractivity contribution in [3.8, 4) is 0 Å². The van der Waals surface area contributed by atoms with Crippen LogP contribution >= 0.6 is 0 Å². The van der Waals surface area contributed by atoms with E-state index < -0.39 is 18.2 Å². The van der Waals surface area contributed by atoms with Gasteiger partial charge in [0.1, 0.15) is 6.10 Å². The van der Waals surface area contributed by atoms with Gasteiger partial charge >= 0.3 is 5.97 Å². The average Bonchev–Trinajstić information content (AvgIpc) is 2.40. The maximum Gasteiger partial charge on any atom is 0.338 e. The van der Waals surface area contributed by atoms with E-state index in [1.54, 1.807) is 6.92 Å². The summed E-state index contributed by atoms with van der Waals surface area (Å²) in [6.07, 6.45) is -2.11. The van der Waals surface area contributed by atoms with Gasteiger partial charge in [-0.1, -0.05) is 30.3 Å². The fourth-order valence-electron chi connectivity index (χ4n) is 1.44. The molecule has 0 aliphatic carbocycles. The van der Waals surface area contributed by atoms with E-state index in [0.29, 0.717) is 0 Å². The lowest BCUT2D eigenvalue weighted by Gasteiger charge is -2.20. The minimum atomic E-state index is -1.06. The predicted octanol–water partition coefficient (Wildman–Crippen LogP) is 0.455. The summed E-state index contributed by atoms with van der Waals surface area (Å²) in [7, 11) is 0. The first-order valence-corrected chi connectivity index (χ1v) is 5.89. The Balaban J connectivity index is 2.59. The molecule has 0 bridgehead atoms. The zero-order chi connectivity index (χ0) is 13.4. The smallest absolute Gasteiger partial charge is 0.338 e. The summed E-state index contributed by atoms with van der Waals surface area (Å²) >= 11 is 0. The number of hydrogen-bond donors (Lipinski definition) is 2. The van der Waals surface area contributed by atoms with Gasteiger partial charge in [0.15, 0.2) is 6.10 Å². The average molecular weight is 253 g/mol. The molecular weight excluding hydrogens is 234 g/mol. The molecule has 1 rings (SSSR count). The second-order valence-corrected chi connectivity index (χ2v) is 3.77. The molecule has 18 heavy (non-hydrogen) atoms. The Morgan fingerprint density at radius 2 is 2.06 bits per heavy atom. The van der Waals surface area contributed by atoms with Gasteiger partial charge in [-0.05, 0) is 12.5 Å². The Morgan fingerprint density at radius 1 is 1.39 bits per heavy atom. The van der Waals surface area contributed by atoms with E-state index in [4.69, 9.17) is 15.2 Å². The molecule has 0 saturated heterocycles. The molecule has 0 saturated carbocycles. The molecule has 5 nitrogen and oxygen atoms in total. The fraction of sp³-hybridized carbons (Fsp3) is 0.462. The number of carbonyl (C=O) groups excluding carboxylic acids is 1. The molecule has 2 unspecified atom stereocenters. The van der Waals surface area contributed by atoms with E-state index in [-0.39, 0.29) is 19.8 Å². The summed E-state index contributed by atoms with van der Waals surface area (Å²) in [5.74, 6) is -0.591. The normalized spacial score (nSPS) is 13.9. The zero-order valence-corrected chi connectivity index (χ0v) is 10.4. The Kier molecular flexibility index (Phi) is 6.35. The van der Waals surface area contributed by atoms with Gasteiger partial charge in [-0.25, -0.2) is 4.79 Å². The Bertz CT molecular complexity index is 355. The van der Waals surface area contributed by atoms with Crippen molar-refractivity contribution in [3.05, 3.63) is 35.9 Å². The van der Waals surface area contributed by atoms with Crippen molar-refractivity contribution < 1.29 is 19.4 Å². The number of aliphatic hydroxyl groups is 1. The molecule has 5 heteroatoms. The van der Waals surface area contributed by atoms with Crippen LogP contribution in [0.3, 0.4) is 0 Å². The van der Waals surface area contributed by atoms with Crippen LogP contribution in [0, 0.1) is 0 Å². The number of rotatable bonds is 7. The minimum absolute atomic E-state index is 0.0573. The maximum absolute atomic E-state index is 11.6. The highest BCUT2D eigenvalue weighted by Gasteiger charge is 2.28. The largest absolute Gasteiger partial charge is 0.464 e. The summed E-state index contributed by atoms with van der Waals surface area (Å²) in [6.45, 7) is 2.10. The van der Waals surface area contributed by atoms with Gasteiger partial charge in [0.25, 0.3) is 0 Å². The van der Waals surface area contributed by atoms with Crippen LogP contribution in [-0.2, 0) is 20.9 Å². The number of ether oxygens (including phenoxy) is 2. The van der Waals surface area contributed by atoms with Crippen LogP contribution in [0.2, 0.25) is 0 Å². The maximum atomic E-state index is 11.6. The lowest BCUT2D eigenvalue weighted by atomic mass is 10.2. The summed E-state index contributed by atoms with van der Waals surface area (Å²) in [4.78, 5) is 11.6. The van der Waals surface area contributed by atoms with Crippen molar-refractivity contribution in [2.75, 3.05) is 13.2 Å². The lowest BCUT2D eigenvalue weighted by molar-refractivity contribution is -0.165. The second-order valence-electron chi connectivity index (χ2n) is 3.77. The van der Waals surface area contributed by atoms with E-state index in [1.807, 2.05) is 30.3 Å². The van der Waals surface area contributed by atoms with Crippen molar-refractivity contribution in [3.63, 3.8) is 0 Å². The molecule has 0 heterocycles. The third-order valence-electron chi connectivity index (χ3n) is 2.38. The summed E-state index contributed by atoms with van der Waals surface area (Å²) in [5, 5.41) is 9.64. The van der Waals surface area contributed by atoms with Gasteiger partial charge in [-0.15, -0.1) is 0 Å². The van der Waals surface area contributed by atoms with E-state index in [9.17, 15) is 9.90 Å². The molecule has 100 valence electrons.